The molecular weight excluding hydrogens is 400 g/mol. The molecule has 3 aromatic rings. The molecule has 0 bridgehead atoms. The highest BCUT2D eigenvalue weighted by Crippen LogP contribution is 2.30. The fraction of sp³-hybridized carbons (Fsp3) is 0.333. The molecule has 1 aliphatic heterocycles. The lowest BCUT2D eigenvalue weighted by Crippen LogP contribution is -2.29. The fourth-order valence-corrected chi connectivity index (χ4v) is 4.35. The van der Waals surface area contributed by atoms with Crippen LogP contribution in [0.4, 0.5) is 5.13 Å². The zero-order chi connectivity index (χ0) is 18.8. The van der Waals surface area contributed by atoms with E-state index in [2.05, 4.69) is 25.2 Å². The van der Waals surface area contributed by atoms with E-state index in [1.807, 2.05) is 31.2 Å². The van der Waals surface area contributed by atoms with Gasteiger partial charge < -0.3 is 4.90 Å². The number of anilines is 1. The normalized spacial score (nSPS) is 15.0. The van der Waals surface area contributed by atoms with E-state index >= 15 is 0 Å². The highest BCUT2D eigenvalue weighted by Gasteiger charge is 2.17. The number of nitrogens with zero attached hydrogens (tertiary/aromatic N) is 5. The molecule has 0 unspecified atom stereocenters. The average Bonchev–Trinajstić information content (AvgIpc) is 3.24. The van der Waals surface area contributed by atoms with Gasteiger partial charge in [-0.2, -0.15) is 14.9 Å². The Kier molecular flexibility index (Phi) is 5.38. The number of nitrogens with one attached hydrogen (secondary N) is 1. The number of H-pyrrole nitrogens is 1. The van der Waals surface area contributed by atoms with Gasteiger partial charge in [-0.05, 0) is 38.4 Å². The van der Waals surface area contributed by atoms with E-state index in [0.717, 1.165) is 28.7 Å². The number of aryl methyl sites for hydroxylation is 1. The van der Waals surface area contributed by atoms with E-state index in [1.54, 1.807) is 22.2 Å². The second kappa shape index (κ2) is 7.92. The van der Waals surface area contributed by atoms with E-state index in [4.69, 9.17) is 23.8 Å². The molecule has 0 amide bonds. The zero-order valence-electron chi connectivity index (χ0n) is 14.9. The number of benzene rings is 1. The van der Waals surface area contributed by atoms with Gasteiger partial charge in [-0.3, -0.25) is 0 Å². The highest BCUT2D eigenvalue weighted by molar-refractivity contribution is 7.71. The second-order valence-electron chi connectivity index (χ2n) is 6.47. The number of aromatic amines is 1. The predicted octanol–water partition coefficient (Wildman–Crippen LogP) is 4.90. The van der Waals surface area contributed by atoms with Crippen molar-refractivity contribution in [1.82, 2.24) is 19.9 Å². The molecule has 4 rings (SSSR count). The summed E-state index contributed by atoms with van der Waals surface area (Å²) in [6.45, 7) is 4.11. The van der Waals surface area contributed by atoms with Crippen LogP contribution in [0, 0.1) is 11.7 Å². The maximum absolute atomic E-state index is 6.34. The summed E-state index contributed by atoms with van der Waals surface area (Å²) in [5, 5.41) is 13.1. The summed E-state index contributed by atoms with van der Waals surface area (Å²) in [4.78, 5) is 7.61. The molecule has 1 aliphatic rings. The average molecular weight is 419 g/mol. The molecule has 1 saturated heterocycles. The number of hydrogen-bond acceptors (Lipinski definition) is 6. The van der Waals surface area contributed by atoms with Crippen molar-refractivity contribution in [2.45, 2.75) is 26.2 Å². The first-order valence-electron chi connectivity index (χ1n) is 8.82. The summed E-state index contributed by atoms with van der Waals surface area (Å²) in [6, 6.07) is 8.07. The minimum atomic E-state index is 0.429. The van der Waals surface area contributed by atoms with Gasteiger partial charge in [0.25, 0.3) is 0 Å². The number of thiazole rings is 1. The van der Waals surface area contributed by atoms with Crippen LogP contribution >= 0.6 is 35.2 Å². The molecule has 27 heavy (non-hydrogen) atoms. The van der Waals surface area contributed by atoms with E-state index < -0.39 is 0 Å². The summed E-state index contributed by atoms with van der Waals surface area (Å²) < 4.78 is 2.04. The van der Waals surface area contributed by atoms with Gasteiger partial charge in [-0.15, -0.1) is 0 Å². The van der Waals surface area contributed by atoms with Crippen LogP contribution in [0.1, 0.15) is 29.7 Å². The quantitative estimate of drug-likeness (QED) is 0.483. The van der Waals surface area contributed by atoms with E-state index in [1.165, 1.54) is 24.8 Å². The summed E-state index contributed by atoms with van der Waals surface area (Å²) >= 11 is 13.2. The third-order valence-corrected chi connectivity index (χ3v) is 6.19. The molecule has 0 saturated carbocycles. The van der Waals surface area contributed by atoms with Gasteiger partial charge in [0.1, 0.15) is 0 Å². The van der Waals surface area contributed by atoms with Gasteiger partial charge in [0.05, 0.1) is 11.1 Å². The molecule has 0 radical (unpaired) electrons. The third-order valence-electron chi connectivity index (χ3n) is 4.48. The lowest BCUT2D eigenvalue weighted by atomic mass is 10.1. The van der Waals surface area contributed by atoms with Crippen LogP contribution in [0.25, 0.3) is 11.4 Å². The smallest absolute Gasteiger partial charge is 0.216 e. The Morgan fingerprint density at radius 1 is 1.22 bits per heavy atom. The fourth-order valence-electron chi connectivity index (χ4n) is 3.00. The van der Waals surface area contributed by atoms with Crippen LogP contribution in [0.2, 0.25) is 5.15 Å². The molecule has 0 aliphatic carbocycles. The van der Waals surface area contributed by atoms with Crippen LogP contribution < -0.4 is 4.90 Å². The molecule has 9 heteroatoms. The Morgan fingerprint density at radius 2 is 1.96 bits per heavy atom. The minimum Gasteiger partial charge on any atom is -0.348 e. The van der Waals surface area contributed by atoms with Crippen molar-refractivity contribution >= 4 is 46.5 Å². The Morgan fingerprint density at radius 3 is 2.70 bits per heavy atom. The lowest BCUT2D eigenvalue weighted by molar-refractivity contribution is 0.577. The summed E-state index contributed by atoms with van der Waals surface area (Å²) in [5.74, 6) is 0.660. The maximum Gasteiger partial charge on any atom is 0.216 e. The maximum atomic E-state index is 6.34. The van der Waals surface area contributed by atoms with Crippen molar-refractivity contribution in [2.75, 3.05) is 18.0 Å². The van der Waals surface area contributed by atoms with Crippen LogP contribution in [-0.2, 0) is 0 Å². The van der Waals surface area contributed by atoms with Crippen LogP contribution in [0.15, 0.2) is 29.4 Å². The van der Waals surface area contributed by atoms with Gasteiger partial charge in [-0.1, -0.05) is 52.8 Å². The summed E-state index contributed by atoms with van der Waals surface area (Å²) in [6.07, 6.45) is 5.39. The number of piperidine rings is 1. The monoisotopic (exact) mass is 418 g/mol. The highest BCUT2D eigenvalue weighted by atomic mass is 35.5. The van der Waals surface area contributed by atoms with Crippen molar-refractivity contribution in [3.63, 3.8) is 0 Å². The Labute approximate surface area is 171 Å². The van der Waals surface area contributed by atoms with E-state index in [-0.39, 0.29) is 0 Å². The summed E-state index contributed by atoms with van der Waals surface area (Å²) in [5.41, 5.74) is 2.12. The van der Waals surface area contributed by atoms with Gasteiger partial charge in [0.2, 0.25) is 4.77 Å². The van der Waals surface area contributed by atoms with Gasteiger partial charge >= 0.3 is 0 Å². The number of hydrogen-bond donors (Lipinski definition) is 1. The van der Waals surface area contributed by atoms with Crippen LogP contribution in [0.5, 0.6) is 0 Å². The first-order chi connectivity index (χ1) is 13.1. The van der Waals surface area contributed by atoms with Crippen LogP contribution in [-0.4, -0.2) is 39.2 Å². The molecule has 6 nitrogen and oxygen atoms in total. The molecule has 0 atom stereocenters. The molecule has 3 heterocycles. The molecule has 140 valence electrons. The third kappa shape index (κ3) is 3.97. The van der Waals surface area contributed by atoms with Crippen molar-refractivity contribution in [2.24, 2.45) is 5.10 Å². The lowest BCUT2D eigenvalue weighted by Gasteiger charge is -2.25. The first kappa shape index (κ1) is 18.3. The molecule has 1 fully saturated rings. The first-order valence-corrected chi connectivity index (χ1v) is 10.4. The van der Waals surface area contributed by atoms with Crippen molar-refractivity contribution in [1.29, 1.82) is 0 Å². The molecule has 1 N–H and O–H groups in total. The molecule has 2 aromatic heterocycles. The van der Waals surface area contributed by atoms with Gasteiger partial charge in [-0.25, -0.2) is 10.1 Å². The SMILES string of the molecule is Cc1ccc(-c2n[nH]c(=S)n2/N=C\c2sc(N3CCCCC3)nc2Cl)cc1. The van der Waals surface area contributed by atoms with Crippen LogP contribution in [0.3, 0.4) is 0 Å². The van der Waals surface area contributed by atoms with Crippen molar-refractivity contribution in [3.8, 4) is 11.4 Å². The number of halogens is 1. The topological polar surface area (TPSA) is 62.1 Å². The van der Waals surface area contributed by atoms with E-state index in [0.29, 0.717) is 15.7 Å². The largest absolute Gasteiger partial charge is 0.348 e. The predicted molar refractivity (Wildman–Crippen MR) is 114 cm³/mol. The van der Waals surface area contributed by atoms with Crippen molar-refractivity contribution in [3.05, 3.63) is 44.6 Å². The molecular formula is C18H19ClN6S2. The van der Waals surface area contributed by atoms with Gasteiger partial charge in [0.15, 0.2) is 16.1 Å². The Balaban J connectivity index is 1.62. The Hall–Kier alpha value is -2.03. The zero-order valence-corrected chi connectivity index (χ0v) is 17.2. The van der Waals surface area contributed by atoms with Crippen molar-refractivity contribution < 1.29 is 0 Å². The molecule has 1 aromatic carbocycles. The standard InChI is InChI=1S/C18H19ClN6S2/c1-12-5-7-13(8-6-12)16-22-23-17(26)25(16)20-11-14-15(19)21-18(27-14)24-9-3-2-4-10-24/h5-8,11H,2-4,9-10H2,1H3,(H,23,26)/b20-11-. The second-order valence-corrected chi connectivity index (χ2v) is 8.23. The Bertz CT molecular complexity index is 1010. The summed E-state index contributed by atoms with van der Waals surface area (Å²) in [7, 11) is 0. The number of rotatable bonds is 4. The number of aromatic nitrogens is 4. The van der Waals surface area contributed by atoms with E-state index in [9.17, 15) is 0 Å². The minimum absolute atomic E-state index is 0.429. The van der Waals surface area contributed by atoms with Gasteiger partial charge in [0, 0.05) is 18.7 Å². The molecule has 0 spiro atoms.